The van der Waals surface area contributed by atoms with E-state index in [1.54, 1.807) is 6.33 Å². The van der Waals surface area contributed by atoms with Crippen molar-refractivity contribution in [3.8, 4) is 0 Å². The third kappa shape index (κ3) is 4.08. The first-order chi connectivity index (χ1) is 13.3. The number of benzene rings is 2. The van der Waals surface area contributed by atoms with Crippen molar-refractivity contribution in [2.75, 3.05) is 17.2 Å². The summed E-state index contributed by atoms with van der Waals surface area (Å²) < 4.78 is 0. The van der Waals surface area contributed by atoms with Crippen LogP contribution in [0.3, 0.4) is 0 Å². The van der Waals surface area contributed by atoms with E-state index in [2.05, 4.69) is 81.2 Å². The average molecular weight is 357 g/mol. The Bertz CT molecular complexity index is 1020. The van der Waals surface area contributed by atoms with Crippen molar-refractivity contribution in [3.05, 3.63) is 78.2 Å². The van der Waals surface area contributed by atoms with E-state index in [1.807, 2.05) is 12.1 Å². The molecule has 0 aliphatic carbocycles. The van der Waals surface area contributed by atoms with Gasteiger partial charge in [0.2, 0.25) is 0 Å². The normalized spacial score (nSPS) is 10.9. The number of aromatic amines is 1. The maximum atomic E-state index is 4.32. The summed E-state index contributed by atoms with van der Waals surface area (Å²) in [6.45, 7) is 2.96. The molecule has 136 valence electrons. The van der Waals surface area contributed by atoms with Crippen molar-refractivity contribution >= 4 is 28.2 Å². The molecule has 0 saturated heterocycles. The van der Waals surface area contributed by atoms with Crippen LogP contribution in [0.2, 0.25) is 0 Å². The van der Waals surface area contributed by atoms with E-state index in [9.17, 15) is 0 Å². The van der Waals surface area contributed by atoms with Gasteiger partial charge in [-0.2, -0.15) is 0 Å². The van der Waals surface area contributed by atoms with Crippen LogP contribution in [0.4, 0.5) is 17.3 Å². The summed E-state index contributed by atoms with van der Waals surface area (Å²) in [5, 5.41) is 7.99. The van der Waals surface area contributed by atoms with Crippen LogP contribution < -0.4 is 10.6 Å². The number of aromatic nitrogens is 3. The summed E-state index contributed by atoms with van der Waals surface area (Å²) in [6, 6.07) is 18.7. The number of aryl methyl sites for hydroxylation is 1. The molecule has 0 aliphatic rings. The second kappa shape index (κ2) is 7.91. The first-order valence-electron chi connectivity index (χ1n) is 9.28. The van der Waals surface area contributed by atoms with Crippen LogP contribution in [-0.2, 0) is 12.8 Å². The molecule has 27 heavy (non-hydrogen) atoms. The number of rotatable bonds is 7. The molecule has 0 fully saturated rings. The Kier molecular flexibility index (Phi) is 5.01. The van der Waals surface area contributed by atoms with Gasteiger partial charge < -0.3 is 15.6 Å². The topological polar surface area (TPSA) is 65.6 Å². The van der Waals surface area contributed by atoms with E-state index in [4.69, 9.17) is 0 Å². The smallest absolute Gasteiger partial charge is 0.135 e. The maximum Gasteiger partial charge on any atom is 0.135 e. The lowest BCUT2D eigenvalue weighted by Gasteiger charge is -2.09. The van der Waals surface area contributed by atoms with Gasteiger partial charge in [0.1, 0.15) is 18.0 Å². The number of nitrogens with one attached hydrogen (secondary N) is 3. The number of H-pyrrole nitrogens is 1. The molecule has 2 aromatic heterocycles. The molecular formula is C22H23N5. The zero-order chi connectivity index (χ0) is 18.5. The van der Waals surface area contributed by atoms with Crippen LogP contribution in [0.1, 0.15) is 18.1 Å². The molecule has 3 N–H and O–H groups in total. The van der Waals surface area contributed by atoms with Gasteiger partial charge in [-0.05, 0) is 42.2 Å². The number of hydrogen-bond acceptors (Lipinski definition) is 4. The highest BCUT2D eigenvalue weighted by atomic mass is 15.1. The summed E-state index contributed by atoms with van der Waals surface area (Å²) in [7, 11) is 0. The highest BCUT2D eigenvalue weighted by molar-refractivity contribution is 5.83. The van der Waals surface area contributed by atoms with Crippen LogP contribution in [0, 0.1) is 0 Å². The molecule has 2 aromatic carbocycles. The lowest BCUT2D eigenvalue weighted by molar-refractivity contribution is 1.01. The Labute approximate surface area is 158 Å². The van der Waals surface area contributed by atoms with E-state index in [-0.39, 0.29) is 0 Å². The van der Waals surface area contributed by atoms with Gasteiger partial charge in [-0.1, -0.05) is 37.3 Å². The first kappa shape index (κ1) is 17.1. The van der Waals surface area contributed by atoms with Gasteiger partial charge in [0, 0.05) is 35.4 Å². The minimum atomic E-state index is 0.781. The zero-order valence-electron chi connectivity index (χ0n) is 15.4. The molecule has 5 nitrogen and oxygen atoms in total. The van der Waals surface area contributed by atoms with Gasteiger partial charge in [-0.3, -0.25) is 0 Å². The molecule has 0 amide bonds. The highest BCUT2D eigenvalue weighted by Crippen LogP contribution is 2.19. The zero-order valence-corrected chi connectivity index (χ0v) is 15.4. The number of nitrogens with zero attached hydrogens (tertiary/aromatic N) is 2. The quantitative estimate of drug-likeness (QED) is 0.439. The molecule has 0 unspecified atom stereocenters. The van der Waals surface area contributed by atoms with Crippen molar-refractivity contribution in [2.45, 2.75) is 19.8 Å². The monoisotopic (exact) mass is 357 g/mol. The molecular weight excluding hydrogens is 334 g/mol. The van der Waals surface area contributed by atoms with E-state index in [0.29, 0.717) is 0 Å². The number of fused-ring (bicyclic) bond motifs is 1. The second-order valence-corrected chi connectivity index (χ2v) is 6.50. The molecule has 0 atom stereocenters. The largest absolute Gasteiger partial charge is 0.370 e. The Morgan fingerprint density at radius 2 is 1.78 bits per heavy atom. The third-order valence-corrected chi connectivity index (χ3v) is 4.68. The number of anilines is 3. The maximum absolute atomic E-state index is 4.32. The van der Waals surface area contributed by atoms with Gasteiger partial charge in [-0.25, -0.2) is 9.97 Å². The van der Waals surface area contributed by atoms with E-state index >= 15 is 0 Å². The lowest BCUT2D eigenvalue weighted by Crippen LogP contribution is -2.07. The van der Waals surface area contributed by atoms with Crippen LogP contribution in [-0.4, -0.2) is 21.5 Å². The fraction of sp³-hybridized carbons (Fsp3) is 0.182. The van der Waals surface area contributed by atoms with E-state index in [0.717, 1.165) is 36.7 Å². The minimum absolute atomic E-state index is 0.781. The minimum Gasteiger partial charge on any atom is -0.370 e. The summed E-state index contributed by atoms with van der Waals surface area (Å²) in [5.41, 5.74) is 4.83. The summed E-state index contributed by atoms with van der Waals surface area (Å²) in [5.74, 6) is 1.60. The summed E-state index contributed by atoms with van der Waals surface area (Å²) in [4.78, 5) is 11.9. The fourth-order valence-corrected chi connectivity index (χ4v) is 3.16. The Balaban J connectivity index is 1.37. The first-order valence-corrected chi connectivity index (χ1v) is 9.28. The standard InChI is InChI=1S/C22H23N5/c1-2-16-7-9-18(10-8-16)27-22-13-21(25-15-26-22)23-12-11-17-14-24-20-6-4-3-5-19(17)20/h3-10,13-15,24H,2,11-12H2,1H3,(H2,23,25,26,27). The van der Waals surface area contributed by atoms with Crippen LogP contribution in [0.25, 0.3) is 10.9 Å². The fourth-order valence-electron chi connectivity index (χ4n) is 3.16. The number of hydrogen-bond donors (Lipinski definition) is 3. The molecule has 4 aromatic rings. The molecule has 4 rings (SSSR count). The predicted octanol–water partition coefficient (Wildman–Crippen LogP) is 4.92. The van der Waals surface area contributed by atoms with Crippen LogP contribution in [0.15, 0.2) is 67.1 Å². The highest BCUT2D eigenvalue weighted by Gasteiger charge is 2.04. The van der Waals surface area contributed by atoms with Crippen molar-refractivity contribution < 1.29 is 0 Å². The van der Waals surface area contributed by atoms with Crippen LogP contribution in [0.5, 0.6) is 0 Å². The van der Waals surface area contributed by atoms with Gasteiger partial charge in [0.25, 0.3) is 0 Å². The Morgan fingerprint density at radius 1 is 0.963 bits per heavy atom. The van der Waals surface area contributed by atoms with Crippen molar-refractivity contribution in [2.24, 2.45) is 0 Å². The molecule has 0 aliphatic heterocycles. The van der Waals surface area contributed by atoms with Gasteiger partial charge in [0.05, 0.1) is 0 Å². The molecule has 0 saturated carbocycles. The number of para-hydroxylation sites is 1. The summed E-state index contributed by atoms with van der Waals surface area (Å²) in [6.07, 6.45) is 5.63. The van der Waals surface area contributed by atoms with E-state index in [1.165, 1.54) is 22.0 Å². The van der Waals surface area contributed by atoms with Crippen molar-refractivity contribution in [3.63, 3.8) is 0 Å². The van der Waals surface area contributed by atoms with Crippen molar-refractivity contribution in [1.82, 2.24) is 15.0 Å². The molecule has 0 spiro atoms. The molecule has 0 bridgehead atoms. The molecule has 5 heteroatoms. The average Bonchev–Trinajstić information content (AvgIpc) is 3.12. The van der Waals surface area contributed by atoms with Crippen LogP contribution >= 0.6 is 0 Å². The molecule has 2 heterocycles. The summed E-state index contributed by atoms with van der Waals surface area (Å²) >= 11 is 0. The second-order valence-electron chi connectivity index (χ2n) is 6.50. The third-order valence-electron chi connectivity index (χ3n) is 4.68. The van der Waals surface area contributed by atoms with E-state index < -0.39 is 0 Å². The van der Waals surface area contributed by atoms with Crippen molar-refractivity contribution in [1.29, 1.82) is 0 Å². The Hall–Kier alpha value is -3.34. The van der Waals surface area contributed by atoms with Gasteiger partial charge in [0.15, 0.2) is 0 Å². The molecule has 0 radical (unpaired) electrons. The predicted molar refractivity (Wildman–Crippen MR) is 112 cm³/mol. The SMILES string of the molecule is CCc1ccc(Nc2cc(NCCc3c[nH]c4ccccc34)ncn2)cc1. The van der Waals surface area contributed by atoms with Gasteiger partial charge in [-0.15, -0.1) is 0 Å². The Morgan fingerprint density at radius 3 is 2.63 bits per heavy atom. The lowest BCUT2D eigenvalue weighted by atomic mass is 10.1. The van der Waals surface area contributed by atoms with Gasteiger partial charge >= 0.3 is 0 Å².